The maximum Gasteiger partial charge on any atom is 0.251 e. The average molecular weight is 260 g/mol. The molecule has 1 aromatic rings. The molecule has 0 fully saturated rings. The van der Waals surface area contributed by atoms with Gasteiger partial charge in [0.2, 0.25) is 0 Å². The Morgan fingerprint density at radius 3 is 2.65 bits per heavy atom. The minimum atomic E-state index is -0.494. The van der Waals surface area contributed by atoms with Gasteiger partial charge in [0.15, 0.2) is 6.29 Å². The summed E-state index contributed by atoms with van der Waals surface area (Å²) in [6, 6.07) is 4.23. The van der Waals surface area contributed by atoms with Crippen molar-refractivity contribution < 1.29 is 19.4 Å². The second-order valence-corrected chi connectivity index (χ2v) is 3.68. The van der Waals surface area contributed by atoms with Gasteiger partial charge in [-0.25, -0.2) is 0 Å². The highest BCUT2D eigenvalue weighted by Gasteiger charge is 2.11. The Kier molecular flexibility index (Phi) is 5.21. The number of hydrogen-bond acceptors (Lipinski definition) is 4. The Morgan fingerprint density at radius 1 is 1.47 bits per heavy atom. The molecule has 0 saturated carbocycles. The molecule has 2 N–H and O–H groups in total. The van der Waals surface area contributed by atoms with Crippen LogP contribution in [0.3, 0.4) is 0 Å². The van der Waals surface area contributed by atoms with E-state index in [9.17, 15) is 9.90 Å². The third-order valence-electron chi connectivity index (χ3n) is 2.16. The fourth-order valence-corrected chi connectivity index (χ4v) is 1.37. The standard InChI is InChI=1S/C11H14ClNO4/c1-16-10(17-2)6-13-11(15)7-3-4-9(14)8(12)5-7/h3-5,10,14H,6H2,1-2H3,(H,13,15). The Morgan fingerprint density at radius 2 is 2.12 bits per heavy atom. The molecule has 0 spiro atoms. The van der Waals surface area contributed by atoms with Gasteiger partial charge < -0.3 is 19.9 Å². The number of hydrogen-bond donors (Lipinski definition) is 2. The van der Waals surface area contributed by atoms with Crippen LogP contribution in [0, 0.1) is 0 Å². The van der Waals surface area contributed by atoms with Crippen LogP contribution >= 0.6 is 11.6 Å². The summed E-state index contributed by atoms with van der Waals surface area (Å²) < 4.78 is 9.85. The number of amides is 1. The van der Waals surface area contributed by atoms with Crippen molar-refractivity contribution in [2.45, 2.75) is 6.29 Å². The smallest absolute Gasteiger partial charge is 0.251 e. The summed E-state index contributed by atoms with van der Waals surface area (Å²) in [5.74, 6) is -0.374. The first-order valence-electron chi connectivity index (χ1n) is 4.90. The number of nitrogens with one attached hydrogen (secondary N) is 1. The molecule has 1 rings (SSSR count). The van der Waals surface area contributed by atoms with Crippen LogP contribution in [0.5, 0.6) is 5.75 Å². The Bertz CT molecular complexity index is 393. The normalized spacial score (nSPS) is 10.6. The fraction of sp³-hybridized carbons (Fsp3) is 0.364. The lowest BCUT2D eigenvalue weighted by Crippen LogP contribution is -2.34. The first-order chi connectivity index (χ1) is 8.08. The molecule has 1 aromatic carbocycles. The molecule has 0 radical (unpaired) electrons. The molecular weight excluding hydrogens is 246 g/mol. The number of phenolic OH excluding ortho intramolecular Hbond substituents is 1. The highest BCUT2D eigenvalue weighted by atomic mass is 35.5. The second-order valence-electron chi connectivity index (χ2n) is 3.28. The van der Waals surface area contributed by atoms with E-state index in [1.807, 2.05) is 0 Å². The van der Waals surface area contributed by atoms with E-state index in [0.717, 1.165) is 0 Å². The zero-order valence-corrected chi connectivity index (χ0v) is 10.3. The van der Waals surface area contributed by atoms with Crippen LogP contribution in [-0.4, -0.2) is 38.1 Å². The van der Waals surface area contributed by atoms with Gasteiger partial charge in [0.1, 0.15) is 5.75 Å². The number of carbonyl (C=O) groups excluding carboxylic acids is 1. The quantitative estimate of drug-likeness (QED) is 0.785. The number of methoxy groups -OCH3 is 2. The number of benzene rings is 1. The number of halogens is 1. The van der Waals surface area contributed by atoms with Crippen LogP contribution in [0.4, 0.5) is 0 Å². The summed E-state index contributed by atoms with van der Waals surface area (Å²) in [6.45, 7) is 0.227. The predicted molar refractivity (Wildman–Crippen MR) is 63.3 cm³/mol. The van der Waals surface area contributed by atoms with Crippen LogP contribution in [0.1, 0.15) is 10.4 Å². The lowest BCUT2D eigenvalue weighted by molar-refractivity contribution is -0.0974. The monoisotopic (exact) mass is 259 g/mol. The Balaban J connectivity index is 2.61. The molecule has 94 valence electrons. The summed E-state index contributed by atoms with van der Waals surface area (Å²) in [7, 11) is 2.97. The van der Waals surface area contributed by atoms with Crippen LogP contribution in [0.2, 0.25) is 5.02 Å². The van der Waals surface area contributed by atoms with Gasteiger partial charge in [-0.1, -0.05) is 11.6 Å². The molecule has 0 atom stereocenters. The van der Waals surface area contributed by atoms with Crippen molar-refractivity contribution in [2.24, 2.45) is 0 Å². The average Bonchev–Trinajstić information content (AvgIpc) is 2.33. The third-order valence-corrected chi connectivity index (χ3v) is 2.47. The van der Waals surface area contributed by atoms with Crippen LogP contribution in [-0.2, 0) is 9.47 Å². The molecule has 0 unspecified atom stereocenters. The van der Waals surface area contributed by atoms with Crippen molar-refractivity contribution in [3.05, 3.63) is 28.8 Å². The molecule has 5 nitrogen and oxygen atoms in total. The highest BCUT2D eigenvalue weighted by Crippen LogP contribution is 2.23. The molecule has 0 aliphatic rings. The van der Waals surface area contributed by atoms with E-state index in [0.29, 0.717) is 5.56 Å². The molecule has 0 aliphatic carbocycles. The van der Waals surface area contributed by atoms with Gasteiger partial charge in [-0.2, -0.15) is 0 Å². The first-order valence-corrected chi connectivity index (χ1v) is 5.28. The molecule has 17 heavy (non-hydrogen) atoms. The van der Waals surface area contributed by atoms with Gasteiger partial charge in [-0.15, -0.1) is 0 Å². The number of phenols is 1. The molecule has 0 heterocycles. The van der Waals surface area contributed by atoms with Crippen molar-refractivity contribution in [1.82, 2.24) is 5.32 Å². The third kappa shape index (κ3) is 3.89. The van der Waals surface area contributed by atoms with E-state index in [2.05, 4.69) is 5.32 Å². The zero-order chi connectivity index (χ0) is 12.8. The van der Waals surface area contributed by atoms with Gasteiger partial charge >= 0.3 is 0 Å². The maximum atomic E-state index is 11.7. The number of rotatable bonds is 5. The minimum absolute atomic E-state index is 0.0603. The van der Waals surface area contributed by atoms with Gasteiger partial charge in [0, 0.05) is 19.8 Å². The van der Waals surface area contributed by atoms with Gasteiger partial charge in [0.25, 0.3) is 5.91 Å². The largest absolute Gasteiger partial charge is 0.506 e. The Labute approximate surface area is 104 Å². The molecule has 6 heteroatoms. The molecule has 1 amide bonds. The van der Waals surface area contributed by atoms with Crippen molar-refractivity contribution in [1.29, 1.82) is 0 Å². The molecule has 0 bridgehead atoms. The number of aromatic hydroxyl groups is 1. The molecular formula is C11H14ClNO4. The second kappa shape index (κ2) is 6.44. The van der Waals surface area contributed by atoms with E-state index >= 15 is 0 Å². The van der Waals surface area contributed by atoms with Crippen molar-refractivity contribution in [3.63, 3.8) is 0 Å². The molecule has 0 aromatic heterocycles. The summed E-state index contributed by atoms with van der Waals surface area (Å²) in [4.78, 5) is 11.7. The van der Waals surface area contributed by atoms with E-state index < -0.39 is 6.29 Å². The first kappa shape index (κ1) is 13.8. The van der Waals surface area contributed by atoms with Crippen LogP contribution in [0.25, 0.3) is 0 Å². The zero-order valence-electron chi connectivity index (χ0n) is 9.57. The topological polar surface area (TPSA) is 67.8 Å². The Hall–Kier alpha value is -1.30. The lowest BCUT2D eigenvalue weighted by atomic mass is 10.2. The van der Waals surface area contributed by atoms with Gasteiger partial charge in [0.05, 0.1) is 11.6 Å². The van der Waals surface area contributed by atoms with Crippen molar-refractivity contribution >= 4 is 17.5 Å². The van der Waals surface area contributed by atoms with E-state index in [4.69, 9.17) is 21.1 Å². The van der Waals surface area contributed by atoms with Crippen molar-refractivity contribution in [2.75, 3.05) is 20.8 Å². The summed E-state index contributed by atoms with van der Waals surface area (Å²) >= 11 is 5.70. The fourth-order valence-electron chi connectivity index (χ4n) is 1.19. The van der Waals surface area contributed by atoms with Crippen molar-refractivity contribution in [3.8, 4) is 5.75 Å². The highest BCUT2D eigenvalue weighted by molar-refractivity contribution is 6.32. The van der Waals surface area contributed by atoms with E-state index in [1.165, 1.54) is 32.4 Å². The SMILES string of the molecule is COC(CNC(=O)c1ccc(O)c(Cl)c1)OC. The molecule has 0 saturated heterocycles. The number of ether oxygens (including phenoxy) is 2. The summed E-state index contributed by atoms with van der Waals surface area (Å²) in [5.41, 5.74) is 0.360. The van der Waals surface area contributed by atoms with Gasteiger partial charge in [-0.3, -0.25) is 4.79 Å². The van der Waals surface area contributed by atoms with E-state index in [-0.39, 0.29) is 23.2 Å². The maximum absolute atomic E-state index is 11.7. The lowest BCUT2D eigenvalue weighted by Gasteiger charge is -2.14. The summed E-state index contributed by atoms with van der Waals surface area (Å²) in [5, 5.41) is 12.0. The molecule has 0 aliphatic heterocycles. The minimum Gasteiger partial charge on any atom is -0.506 e. The van der Waals surface area contributed by atoms with Gasteiger partial charge in [-0.05, 0) is 18.2 Å². The van der Waals surface area contributed by atoms with Crippen LogP contribution in [0.15, 0.2) is 18.2 Å². The van der Waals surface area contributed by atoms with Crippen LogP contribution < -0.4 is 5.32 Å². The summed E-state index contributed by atoms with van der Waals surface area (Å²) in [6.07, 6.45) is -0.494. The number of carbonyl (C=O) groups is 1. The predicted octanol–water partition coefficient (Wildman–Crippen LogP) is 1.39. The van der Waals surface area contributed by atoms with E-state index in [1.54, 1.807) is 0 Å².